The van der Waals surface area contributed by atoms with Crippen molar-refractivity contribution in [3.63, 3.8) is 0 Å². The van der Waals surface area contributed by atoms with E-state index in [1.165, 1.54) is 12.1 Å². The average Bonchev–Trinajstić information content (AvgIpc) is 2.87. The van der Waals surface area contributed by atoms with Gasteiger partial charge in [0.25, 0.3) is 0 Å². The van der Waals surface area contributed by atoms with Gasteiger partial charge in [-0.15, -0.1) is 0 Å². The largest absolute Gasteiger partial charge is 0.465 e. The summed E-state index contributed by atoms with van der Waals surface area (Å²) in [6, 6.07) is 4.95. The first-order valence-corrected chi connectivity index (χ1v) is 6.99. The van der Waals surface area contributed by atoms with E-state index < -0.39 is 11.7 Å². The molecule has 1 aliphatic rings. The first-order chi connectivity index (χ1) is 9.90. The second-order valence-corrected chi connectivity index (χ2v) is 5.14. The number of halogens is 3. The van der Waals surface area contributed by atoms with E-state index in [1.54, 1.807) is 6.92 Å². The summed E-state index contributed by atoms with van der Waals surface area (Å²) < 4.78 is 42.4. The quantitative estimate of drug-likeness (QED) is 0.869. The van der Waals surface area contributed by atoms with Gasteiger partial charge in [-0.2, -0.15) is 13.2 Å². The minimum Gasteiger partial charge on any atom is -0.465 e. The molecule has 1 saturated heterocycles. The highest BCUT2D eigenvalue weighted by Crippen LogP contribution is 2.29. The summed E-state index contributed by atoms with van der Waals surface area (Å²) in [4.78, 5) is 11.6. The fraction of sp³-hybridized carbons (Fsp3) is 0.533. The van der Waals surface area contributed by atoms with Gasteiger partial charge in [0, 0.05) is 6.04 Å². The van der Waals surface area contributed by atoms with Gasteiger partial charge < -0.3 is 10.1 Å². The van der Waals surface area contributed by atoms with Gasteiger partial charge in [0.15, 0.2) is 0 Å². The van der Waals surface area contributed by atoms with Gasteiger partial charge in [0.1, 0.15) is 6.04 Å². The number of esters is 1. The zero-order valence-corrected chi connectivity index (χ0v) is 11.7. The van der Waals surface area contributed by atoms with Crippen LogP contribution in [0.5, 0.6) is 0 Å². The molecule has 6 heteroatoms. The Hall–Kier alpha value is -1.56. The lowest BCUT2D eigenvalue weighted by Gasteiger charge is -2.14. The van der Waals surface area contributed by atoms with Crippen molar-refractivity contribution in [1.29, 1.82) is 0 Å². The Morgan fingerprint density at radius 1 is 1.29 bits per heavy atom. The van der Waals surface area contributed by atoms with Crippen molar-refractivity contribution in [2.24, 2.45) is 0 Å². The van der Waals surface area contributed by atoms with Gasteiger partial charge in [-0.1, -0.05) is 12.1 Å². The number of hydrogen-bond donors (Lipinski definition) is 1. The van der Waals surface area contributed by atoms with Crippen LogP contribution < -0.4 is 5.32 Å². The fourth-order valence-electron chi connectivity index (χ4n) is 2.52. The first-order valence-electron chi connectivity index (χ1n) is 6.99. The summed E-state index contributed by atoms with van der Waals surface area (Å²) in [6.45, 7) is 2.10. The lowest BCUT2D eigenvalue weighted by atomic mass is 10.0. The Morgan fingerprint density at radius 3 is 2.52 bits per heavy atom. The molecule has 1 aliphatic heterocycles. The van der Waals surface area contributed by atoms with Gasteiger partial charge in [-0.05, 0) is 43.9 Å². The highest BCUT2D eigenvalue weighted by atomic mass is 19.4. The fourth-order valence-corrected chi connectivity index (χ4v) is 2.52. The Morgan fingerprint density at radius 2 is 1.95 bits per heavy atom. The van der Waals surface area contributed by atoms with Crippen LogP contribution in [0.1, 0.15) is 30.9 Å². The van der Waals surface area contributed by atoms with Crippen molar-refractivity contribution in [2.45, 2.75) is 44.4 Å². The van der Waals surface area contributed by atoms with Crippen molar-refractivity contribution in [2.75, 3.05) is 6.61 Å². The number of rotatable bonds is 4. The molecule has 0 amide bonds. The molecule has 0 saturated carbocycles. The van der Waals surface area contributed by atoms with E-state index >= 15 is 0 Å². The van der Waals surface area contributed by atoms with E-state index in [4.69, 9.17) is 4.74 Å². The molecular formula is C15H18F3NO2. The third-order valence-electron chi connectivity index (χ3n) is 3.58. The Labute approximate surface area is 121 Å². The summed E-state index contributed by atoms with van der Waals surface area (Å²) in [5.74, 6) is -0.257. The van der Waals surface area contributed by atoms with Crippen LogP contribution in [0.15, 0.2) is 24.3 Å². The van der Waals surface area contributed by atoms with Crippen molar-refractivity contribution in [1.82, 2.24) is 5.32 Å². The average molecular weight is 301 g/mol. The lowest BCUT2D eigenvalue weighted by Crippen LogP contribution is -2.37. The Bertz CT molecular complexity index is 485. The minimum absolute atomic E-state index is 0.0937. The normalized spacial score (nSPS) is 22.3. The molecule has 1 aromatic rings. The maximum Gasteiger partial charge on any atom is 0.416 e. The molecule has 0 spiro atoms. The van der Waals surface area contributed by atoms with Gasteiger partial charge in [-0.25, -0.2) is 0 Å². The van der Waals surface area contributed by atoms with Gasteiger partial charge >= 0.3 is 12.1 Å². The number of carbonyl (C=O) groups is 1. The van der Waals surface area contributed by atoms with Crippen LogP contribution in [0.25, 0.3) is 0 Å². The van der Waals surface area contributed by atoms with Crippen molar-refractivity contribution < 1.29 is 22.7 Å². The monoisotopic (exact) mass is 301 g/mol. The standard InChI is InChI=1S/C15H18F3NO2/c1-2-21-14(20)13-8-7-12(19-13)9-10-3-5-11(6-4-10)15(16,17)18/h3-6,12-13,19H,2,7-9H2,1H3/t12-,13+/m0/s1. The lowest BCUT2D eigenvalue weighted by molar-refractivity contribution is -0.145. The molecule has 0 aromatic heterocycles. The molecule has 21 heavy (non-hydrogen) atoms. The molecule has 2 atom stereocenters. The summed E-state index contributed by atoms with van der Waals surface area (Å²) >= 11 is 0. The summed E-state index contributed by atoms with van der Waals surface area (Å²) in [7, 11) is 0. The molecule has 2 rings (SSSR count). The number of ether oxygens (including phenoxy) is 1. The highest BCUT2D eigenvalue weighted by molar-refractivity contribution is 5.76. The topological polar surface area (TPSA) is 38.3 Å². The minimum atomic E-state index is -4.31. The number of alkyl halides is 3. The third kappa shape index (κ3) is 4.20. The molecule has 0 aliphatic carbocycles. The van der Waals surface area contributed by atoms with Crippen molar-refractivity contribution in [3.8, 4) is 0 Å². The first kappa shape index (κ1) is 15.8. The van der Waals surface area contributed by atoms with Crippen LogP contribution in [0.3, 0.4) is 0 Å². The van der Waals surface area contributed by atoms with Crippen molar-refractivity contribution >= 4 is 5.97 Å². The van der Waals surface area contributed by atoms with Crippen LogP contribution in [0, 0.1) is 0 Å². The maximum absolute atomic E-state index is 12.5. The van der Waals surface area contributed by atoms with E-state index in [9.17, 15) is 18.0 Å². The Kier molecular flexibility index (Phi) is 4.88. The number of carbonyl (C=O) groups excluding carboxylic acids is 1. The highest BCUT2D eigenvalue weighted by Gasteiger charge is 2.31. The molecular weight excluding hydrogens is 283 g/mol. The third-order valence-corrected chi connectivity index (χ3v) is 3.58. The smallest absolute Gasteiger partial charge is 0.416 e. The van der Waals surface area contributed by atoms with E-state index in [1.807, 2.05) is 0 Å². The van der Waals surface area contributed by atoms with E-state index in [2.05, 4.69) is 5.32 Å². The SMILES string of the molecule is CCOC(=O)[C@H]1CC[C@@H](Cc2ccc(C(F)(F)F)cc2)N1. The van der Waals surface area contributed by atoms with Crippen molar-refractivity contribution in [3.05, 3.63) is 35.4 Å². The molecule has 0 bridgehead atoms. The molecule has 1 N–H and O–H groups in total. The predicted molar refractivity (Wildman–Crippen MR) is 71.7 cm³/mol. The molecule has 1 aromatic carbocycles. The molecule has 0 radical (unpaired) electrons. The maximum atomic E-state index is 12.5. The second kappa shape index (κ2) is 6.47. The second-order valence-electron chi connectivity index (χ2n) is 5.14. The summed E-state index contributed by atoms with van der Waals surface area (Å²) in [5, 5.41) is 3.17. The molecule has 1 heterocycles. The van der Waals surface area contributed by atoms with Gasteiger partial charge in [0.2, 0.25) is 0 Å². The van der Waals surface area contributed by atoms with Crippen LogP contribution in [-0.4, -0.2) is 24.7 Å². The number of nitrogens with one attached hydrogen (secondary N) is 1. The number of hydrogen-bond acceptors (Lipinski definition) is 3. The van der Waals surface area contributed by atoms with Crippen LogP contribution in [0.4, 0.5) is 13.2 Å². The van der Waals surface area contributed by atoms with Gasteiger partial charge in [-0.3, -0.25) is 4.79 Å². The van der Waals surface area contributed by atoms with E-state index in [0.717, 1.165) is 24.1 Å². The number of benzene rings is 1. The zero-order valence-electron chi connectivity index (χ0n) is 11.7. The molecule has 0 unspecified atom stereocenters. The van der Waals surface area contributed by atoms with Crippen LogP contribution in [-0.2, 0) is 22.1 Å². The molecule has 116 valence electrons. The van der Waals surface area contributed by atoms with E-state index in [0.29, 0.717) is 19.4 Å². The van der Waals surface area contributed by atoms with E-state index in [-0.39, 0.29) is 18.1 Å². The molecule has 3 nitrogen and oxygen atoms in total. The Balaban J connectivity index is 1.90. The summed E-state index contributed by atoms with van der Waals surface area (Å²) in [6.07, 6.45) is -2.19. The molecule has 1 fully saturated rings. The van der Waals surface area contributed by atoms with Gasteiger partial charge in [0.05, 0.1) is 12.2 Å². The van der Waals surface area contributed by atoms with Crippen LogP contribution in [0.2, 0.25) is 0 Å². The van der Waals surface area contributed by atoms with Crippen LogP contribution >= 0.6 is 0 Å². The zero-order chi connectivity index (χ0) is 15.5. The predicted octanol–water partition coefficient (Wildman–Crippen LogP) is 2.93. The summed E-state index contributed by atoms with van der Waals surface area (Å²) in [5.41, 5.74) is 0.181.